The van der Waals surface area contributed by atoms with Crippen LogP contribution in [0.15, 0.2) is 17.1 Å². The van der Waals surface area contributed by atoms with Crippen molar-refractivity contribution in [3.8, 4) is 0 Å². The molecule has 1 aliphatic heterocycles. The number of nitrogens with zero attached hydrogens (tertiary/aromatic N) is 2. The van der Waals surface area contributed by atoms with E-state index in [9.17, 15) is 4.79 Å². The maximum atomic E-state index is 11.2. The highest BCUT2D eigenvalue weighted by atomic mass is 16.1. The Morgan fingerprint density at radius 2 is 2.19 bits per heavy atom. The molecule has 0 aromatic carbocycles. The van der Waals surface area contributed by atoms with E-state index in [0.29, 0.717) is 5.41 Å². The molecule has 2 heterocycles. The second-order valence-corrected chi connectivity index (χ2v) is 5.31. The van der Waals surface area contributed by atoms with Crippen LogP contribution in [0, 0.1) is 5.41 Å². The molecule has 1 N–H and O–H groups in total. The van der Waals surface area contributed by atoms with Gasteiger partial charge in [0.25, 0.3) is 5.56 Å². The Morgan fingerprint density at radius 3 is 2.94 bits per heavy atom. The zero-order chi connectivity index (χ0) is 11.6. The second-order valence-electron chi connectivity index (χ2n) is 5.31. The van der Waals surface area contributed by atoms with Crippen LogP contribution in [0.25, 0.3) is 0 Å². The Balaban J connectivity index is 2.14. The first-order valence-corrected chi connectivity index (χ1v) is 5.87. The van der Waals surface area contributed by atoms with Gasteiger partial charge in [-0.3, -0.25) is 4.79 Å². The van der Waals surface area contributed by atoms with Crippen molar-refractivity contribution in [3.05, 3.63) is 22.6 Å². The van der Waals surface area contributed by atoms with E-state index in [0.717, 1.165) is 18.8 Å². The second kappa shape index (κ2) is 4.28. The van der Waals surface area contributed by atoms with Gasteiger partial charge in [0.05, 0.1) is 11.9 Å². The molecule has 1 fully saturated rings. The van der Waals surface area contributed by atoms with Crippen LogP contribution in [0.5, 0.6) is 0 Å². The number of anilines is 1. The fraction of sp³-hybridized carbons (Fsp3) is 0.667. The molecule has 0 amide bonds. The van der Waals surface area contributed by atoms with Gasteiger partial charge in [-0.1, -0.05) is 13.8 Å². The molecule has 0 atom stereocenters. The van der Waals surface area contributed by atoms with Crippen molar-refractivity contribution in [3.63, 3.8) is 0 Å². The largest absolute Gasteiger partial charge is 0.370 e. The third-order valence-corrected chi connectivity index (χ3v) is 3.36. The van der Waals surface area contributed by atoms with Gasteiger partial charge in [-0.15, -0.1) is 0 Å². The van der Waals surface area contributed by atoms with Gasteiger partial charge in [0.15, 0.2) is 0 Å². The van der Waals surface area contributed by atoms with E-state index in [1.807, 2.05) is 0 Å². The molecule has 1 aromatic heterocycles. The predicted octanol–water partition coefficient (Wildman–Crippen LogP) is 1.79. The SMILES string of the molecule is CC1(C)CCCN(c2cn[nH]c(=O)c2)CC1. The Bertz CT molecular complexity index is 411. The molecule has 0 radical (unpaired) electrons. The number of hydrogen-bond acceptors (Lipinski definition) is 3. The first kappa shape index (κ1) is 11.2. The Kier molecular flexibility index (Phi) is 2.99. The predicted molar refractivity (Wildman–Crippen MR) is 64.7 cm³/mol. The van der Waals surface area contributed by atoms with Crippen molar-refractivity contribution in [2.45, 2.75) is 33.1 Å². The third-order valence-electron chi connectivity index (χ3n) is 3.36. The lowest BCUT2D eigenvalue weighted by molar-refractivity contribution is 0.325. The van der Waals surface area contributed by atoms with Crippen LogP contribution >= 0.6 is 0 Å². The van der Waals surface area contributed by atoms with Crippen LogP contribution in [0.4, 0.5) is 5.69 Å². The fourth-order valence-corrected chi connectivity index (χ4v) is 2.22. The molecule has 0 aliphatic carbocycles. The number of aromatic nitrogens is 2. The van der Waals surface area contributed by atoms with Crippen LogP contribution in [-0.4, -0.2) is 23.3 Å². The van der Waals surface area contributed by atoms with Crippen molar-refractivity contribution in [2.75, 3.05) is 18.0 Å². The summed E-state index contributed by atoms with van der Waals surface area (Å²) in [5.74, 6) is 0. The molecule has 0 unspecified atom stereocenters. The molecule has 0 saturated carbocycles. The average Bonchev–Trinajstić information content (AvgIpc) is 2.39. The zero-order valence-electron chi connectivity index (χ0n) is 9.99. The fourth-order valence-electron chi connectivity index (χ4n) is 2.22. The Hall–Kier alpha value is -1.32. The molecule has 16 heavy (non-hydrogen) atoms. The van der Waals surface area contributed by atoms with Crippen LogP contribution in [-0.2, 0) is 0 Å². The van der Waals surface area contributed by atoms with E-state index in [-0.39, 0.29) is 5.56 Å². The average molecular weight is 221 g/mol. The quantitative estimate of drug-likeness (QED) is 0.786. The molecule has 0 bridgehead atoms. The van der Waals surface area contributed by atoms with E-state index < -0.39 is 0 Å². The normalized spacial score (nSPS) is 20.5. The lowest BCUT2D eigenvalue weighted by Gasteiger charge is -2.24. The van der Waals surface area contributed by atoms with Crippen molar-refractivity contribution >= 4 is 5.69 Å². The summed E-state index contributed by atoms with van der Waals surface area (Å²) in [7, 11) is 0. The number of hydrogen-bond donors (Lipinski definition) is 1. The van der Waals surface area contributed by atoms with E-state index in [1.54, 1.807) is 12.3 Å². The monoisotopic (exact) mass is 221 g/mol. The topological polar surface area (TPSA) is 49.0 Å². The van der Waals surface area contributed by atoms with Crippen LogP contribution in [0.2, 0.25) is 0 Å². The van der Waals surface area contributed by atoms with Crippen LogP contribution in [0.1, 0.15) is 33.1 Å². The van der Waals surface area contributed by atoms with Crippen molar-refractivity contribution < 1.29 is 0 Å². The van der Waals surface area contributed by atoms with Gasteiger partial charge in [0, 0.05) is 19.2 Å². The minimum Gasteiger partial charge on any atom is -0.370 e. The Morgan fingerprint density at radius 1 is 1.38 bits per heavy atom. The van der Waals surface area contributed by atoms with Crippen LogP contribution < -0.4 is 10.5 Å². The number of H-pyrrole nitrogens is 1. The van der Waals surface area contributed by atoms with Gasteiger partial charge in [-0.25, -0.2) is 5.10 Å². The van der Waals surface area contributed by atoms with Gasteiger partial charge in [-0.2, -0.15) is 5.10 Å². The maximum Gasteiger partial charge on any atom is 0.266 e. The highest BCUT2D eigenvalue weighted by Crippen LogP contribution is 2.31. The van der Waals surface area contributed by atoms with Gasteiger partial charge in [0.2, 0.25) is 0 Å². The van der Waals surface area contributed by atoms with Crippen molar-refractivity contribution in [2.24, 2.45) is 5.41 Å². The maximum absolute atomic E-state index is 11.2. The van der Waals surface area contributed by atoms with Gasteiger partial charge >= 0.3 is 0 Å². The first-order valence-electron chi connectivity index (χ1n) is 5.87. The molecular weight excluding hydrogens is 202 g/mol. The zero-order valence-corrected chi connectivity index (χ0v) is 9.99. The van der Waals surface area contributed by atoms with Crippen molar-refractivity contribution in [1.82, 2.24) is 10.2 Å². The molecular formula is C12H19N3O. The summed E-state index contributed by atoms with van der Waals surface area (Å²) in [6.45, 7) is 6.66. The highest BCUT2D eigenvalue weighted by Gasteiger charge is 2.23. The van der Waals surface area contributed by atoms with Crippen molar-refractivity contribution in [1.29, 1.82) is 0 Å². The summed E-state index contributed by atoms with van der Waals surface area (Å²) >= 11 is 0. The van der Waals surface area contributed by atoms with E-state index >= 15 is 0 Å². The summed E-state index contributed by atoms with van der Waals surface area (Å²) in [4.78, 5) is 13.5. The van der Waals surface area contributed by atoms with Crippen LogP contribution in [0.3, 0.4) is 0 Å². The van der Waals surface area contributed by atoms with Gasteiger partial charge in [-0.05, 0) is 24.7 Å². The molecule has 2 rings (SSSR count). The summed E-state index contributed by atoms with van der Waals surface area (Å²) in [5, 5.41) is 6.26. The van der Waals surface area contributed by atoms with Gasteiger partial charge in [0.1, 0.15) is 0 Å². The number of aromatic amines is 1. The molecule has 4 heteroatoms. The Labute approximate surface area is 95.7 Å². The molecule has 1 aromatic rings. The number of nitrogens with one attached hydrogen (secondary N) is 1. The summed E-state index contributed by atoms with van der Waals surface area (Å²) < 4.78 is 0. The minimum atomic E-state index is -0.124. The molecule has 0 spiro atoms. The van der Waals surface area contributed by atoms with E-state index in [2.05, 4.69) is 28.9 Å². The first-order chi connectivity index (χ1) is 7.57. The highest BCUT2D eigenvalue weighted by molar-refractivity contribution is 5.42. The lowest BCUT2D eigenvalue weighted by atomic mass is 9.85. The molecule has 88 valence electrons. The third kappa shape index (κ3) is 2.62. The number of rotatable bonds is 1. The summed E-state index contributed by atoms with van der Waals surface area (Å²) in [6, 6.07) is 1.63. The summed E-state index contributed by atoms with van der Waals surface area (Å²) in [6.07, 6.45) is 5.33. The van der Waals surface area contributed by atoms with Gasteiger partial charge < -0.3 is 4.90 Å². The molecule has 1 saturated heterocycles. The molecule has 1 aliphatic rings. The minimum absolute atomic E-state index is 0.124. The smallest absolute Gasteiger partial charge is 0.266 e. The lowest BCUT2D eigenvalue weighted by Crippen LogP contribution is -2.26. The summed E-state index contributed by atoms with van der Waals surface area (Å²) in [5.41, 5.74) is 1.24. The molecule has 4 nitrogen and oxygen atoms in total. The van der Waals surface area contributed by atoms with E-state index in [4.69, 9.17) is 0 Å². The van der Waals surface area contributed by atoms with E-state index in [1.165, 1.54) is 19.3 Å². The standard InChI is InChI=1S/C12H19N3O/c1-12(2)4-3-6-15(7-5-12)10-8-11(16)14-13-9-10/h8-9H,3-7H2,1-2H3,(H,14,16).